The van der Waals surface area contributed by atoms with Crippen molar-refractivity contribution in [2.45, 2.75) is 44.1 Å². The third-order valence-electron chi connectivity index (χ3n) is 4.67. The number of hydrogen-bond acceptors (Lipinski definition) is 2. The average Bonchev–Trinajstić information content (AvgIpc) is 3.08. The molecule has 2 N–H and O–H groups in total. The Morgan fingerprint density at radius 3 is 2.37 bits per heavy atom. The Morgan fingerprint density at radius 1 is 1.11 bits per heavy atom. The summed E-state index contributed by atoms with van der Waals surface area (Å²) in [6, 6.07) is 13.2. The van der Waals surface area contributed by atoms with E-state index in [1.807, 2.05) is 0 Å². The van der Waals surface area contributed by atoms with E-state index in [2.05, 4.69) is 48.7 Å². The van der Waals surface area contributed by atoms with Crippen LogP contribution >= 0.6 is 11.3 Å². The summed E-state index contributed by atoms with van der Waals surface area (Å²) in [5, 5.41) is 2.16. The quantitative estimate of drug-likeness (QED) is 0.869. The third-order valence-corrected chi connectivity index (χ3v) is 5.54. The van der Waals surface area contributed by atoms with Gasteiger partial charge in [0.15, 0.2) is 0 Å². The molecule has 1 aromatic heterocycles. The van der Waals surface area contributed by atoms with E-state index >= 15 is 0 Å². The molecule has 100 valence electrons. The number of hydrogen-bond donors (Lipinski definition) is 1. The first-order valence-electron chi connectivity index (χ1n) is 7.09. The smallest absolute Gasteiger partial charge is 0.0404 e. The molecule has 0 aliphatic heterocycles. The van der Waals surface area contributed by atoms with Crippen molar-refractivity contribution in [2.75, 3.05) is 0 Å². The maximum Gasteiger partial charge on any atom is 0.0404 e. The Morgan fingerprint density at radius 2 is 1.79 bits per heavy atom. The van der Waals surface area contributed by atoms with Crippen LogP contribution in [0.5, 0.6) is 0 Å². The largest absolute Gasteiger partial charge is 0.323 e. The molecular weight excluding hydrogens is 250 g/mol. The van der Waals surface area contributed by atoms with E-state index in [0.717, 1.165) is 0 Å². The van der Waals surface area contributed by atoms with Crippen LogP contribution < -0.4 is 5.73 Å². The number of thiophene rings is 1. The van der Waals surface area contributed by atoms with E-state index in [1.54, 1.807) is 11.3 Å². The van der Waals surface area contributed by atoms with E-state index < -0.39 is 0 Å². The highest BCUT2D eigenvalue weighted by Gasteiger charge is 2.42. The molecule has 1 aliphatic carbocycles. The van der Waals surface area contributed by atoms with Gasteiger partial charge < -0.3 is 5.73 Å². The average molecular weight is 271 g/mol. The zero-order valence-electron chi connectivity index (χ0n) is 11.4. The second kappa shape index (κ2) is 5.10. The molecule has 0 saturated heterocycles. The summed E-state index contributed by atoms with van der Waals surface area (Å²) in [7, 11) is 0. The first-order chi connectivity index (χ1) is 9.24. The Balaban J connectivity index is 2.04. The van der Waals surface area contributed by atoms with Gasteiger partial charge in [-0.1, -0.05) is 43.2 Å². The van der Waals surface area contributed by atoms with Crippen LogP contribution in [0.1, 0.15) is 47.7 Å². The molecule has 19 heavy (non-hydrogen) atoms. The van der Waals surface area contributed by atoms with Gasteiger partial charge >= 0.3 is 0 Å². The number of aryl methyl sites for hydroxylation is 1. The monoisotopic (exact) mass is 271 g/mol. The van der Waals surface area contributed by atoms with Crippen molar-refractivity contribution in [1.82, 2.24) is 0 Å². The van der Waals surface area contributed by atoms with E-state index in [9.17, 15) is 0 Å². The van der Waals surface area contributed by atoms with Gasteiger partial charge in [-0.15, -0.1) is 11.3 Å². The van der Waals surface area contributed by atoms with E-state index in [1.165, 1.54) is 41.7 Å². The van der Waals surface area contributed by atoms with E-state index in [4.69, 9.17) is 5.73 Å². The van der Waals surface area contributed by atoms with Crippen LogP contribution in [0.3, 0.4) is 0 Å². The maximum atomic E-state index is 6.72. The predicted octanol–water partition coefficient (Wildman–Crippen LogP) is 4.57. The second-order valence-electron chi connectivity index (χ2n) is 5.64. The minimum absolute atomic E-state index is 0.128. The van der Waals surface area contributed by atoms with Crippen LogP contribution in [-0.2, 0) is 5.41 Å². The summed E-state index contributed by atoms with van der Waals surface area (Å²) in [4.78, 5) is 1.37. The van der Waals surface area contributed by atoms with Crippen molar-refractivity contribution < 1.29 is 0 Å². The van der Waals surface area contributed by atoms with E-state index in [-0.39, 0.29) is 11.5 Å². The third kappa shape index (κ3) is 2.13. The zero-order chi connectivity index (χ0) is 13.3. The normalized spacial score (nSPS) is 19.5. The molecule has 1 atom stereocenters. The summed E-state index contributed by atoms with van der Waals surface area (Å²) in [5.74, 6) is 0. The van der Waals surface area contributed by atoms with Gasteiger partial charge in [-0.05, 0) is 42.3 Å². The molecule has 2 aromatic rings. The topological polar surface area (TPSA) is 26.0 Å². The standard InChI is InChI=1S/C17H21NS/c1-13-15(9-12-19-13)16(18)17(10-5-6-11-17)14-7-3-2-4-8-14/h2-4,7-9,12,16H,5-6,10-11,18H2,1H3. The van der Waals surface area contributed by atoms with Crippen LogP contribution in [0, 0.1) is 6.92 Å². The lowest BCUT2D eigenvalue weighted by molar-refractivity contribution is 0.356. The molecule has 0 spiro atoms. The molecular formula is C17H21NS. The first-order valence-corrected chi connectivity index (χ1v) is 7.97. The molecule has 1 aromatic carbocycles. The summed E-state index contributed by atoms with van der Waals surface area (Å²) in [6.45, 7) is 2.19. The minimum atomic E-state index is 0.128. The summed E-state index contributed by atoms with van der Waals surface area (Å²) >= 11 is 1.81. The molecule has 1 fully saturated rings. The highest BCUT2D eigenvalue weighted by molar-refractivity contribution is 7.10. The van der Waals surface area contributed by atoms with Crippen molar-refractivity contribution in [3.8, 4) is 0 Å². The van der Waals surface area contributed by atoms with Crippen LogP contribution in [0.25, 0.3) is 0 Å². The van der Waals surface area contributed by atoms with Gasteiger partial charge in [0.1, 0.15) is 0 Å². The van der Waals surface area contributed by atoms with Crippen molar-refractivity contribution in [1.29, 1.82) is 0 Å². The van der Waals surface area contributed by atoms with Crippen molar-refractivity contribution in [3.05, 3.63) is 57.8 Å². The van der Waals surface area contributed by atoms with Crippen molar-refractivity contribution in [3.63, 3.8) is 0 Å². The fourth-order valence-electron chi connectivity index (χ4n) is 3.57. The van der Waals surface area contributed by atoms with Crippen LogP contribution in [0.15, 0.2) is 41.8 Å². The number of benzene rings is 1. The Hall–Kier alpha value is -1.12. The number of nitrogens with two attached hydrogens (primary N) is 1. The van der Waals surface area contributed by atoms with Crippen LogP contribution in [0.4, 0.5) is 0 Å². The van der Waals surface area contributed by atoms with Crippen molar-refractivity contribution in [2.24, 2.45) is 5.73 Å². The lowest BCUT2D eigenvalue weighted by Crippen LogP contribution is -2.36. The summed E-state index contributed by atoms with van der Waals surface area (Å²) in [5.41, 5.74) is 9.63. The molecule has 0 radical (unpaired) electrons. The SMILES string of the molecule is Cc1sccc1C(N)C1(c2ccccc2)CCCC1. The van der Waals surface area contributed by atoms with Crippen LogP contribution in [0.2, 0.25) is 0 Å². The maximum absolute atomic E-state index is 6.72. The summed E-state index contributed by atoms with van der Waals surface area (Å²) in [6.07, 6.45) is 5.03. The number of rotatable bonds is 3. The fourth-order valence-corrected chi connectivity index (χ4v) is 4.32. The fraction of sp³-hybridized carbons (Fsp3) is 0.412. The Labute approximate surface area is 119 Å². The predicted molar refractivity (Wildman–Crippen MR) is 82.6 cm³/mol. The van der Waals surface area contributed by atoms with Gasteiger partial charge in [0.05, 0.1) is 0 Å². The molecule has 1 heterocycles. The van der Waals surface area contributed by atoms with Crippen molar-refractivity contribution >= 4 is 11.3 Å². The molecule has 0 amide bonds. The Kier molecular flexibility index (Phi) is 3.46. The lowest BCUT2D eigenvalue weighted by atomic mass is 9.71. The molecule has 1 aliphatic rings. The van der Waals surface area contributed by atoms with Gasteiger partial charge in [0, 0.05) is 16.3 Å². The van der Waals surface area contributed by atoms with Gasteiger partial charge in [0.25, 0.3) is 0 Å². The van der Waals surface area contributed by atoms with Gasteiger partial charge in [-0.25, -0.2) is 0 Å². The highest BCUT2D eigenvalue weighted by atomic mass is 32.1. The van der Waals surface area contributed by atoms with Gasteiger partial charge in [-0.2, -0.15) is 0 Å². The van der Waals surface area contributed by atoms with Crippen LogP contribution in [-0.4, -0.2) is 0 Å². The second-order valence-corrected chi connectivity index (χ2v) is 6.76. The zero-order valence-corrected chi connectivity index (χ0v) is 12.2. The first kappa shape index (κ1) is 12.9. The highest BCUT2D eigenvalue weighted by Crippen LogP contribution is 2.49. The Bertz CT molecular complexity index is 537. The molecule has 1 saturated carbocycles. The molecule has 3 rings (SSSR count). The van der Waals surface area contributed by atoms with Gasteiger partial charge in [0.2, 0.25) is 0 Å². The minimum Gasteiger partial charge on any atom is -0.323 e. The molecule has 0 bridgehead atoms. The lowest BCUT2D eigenvalue weighted by Gasteiger charge is -2.36. The molecule has 2 heteroatoms. The summed E-state index contributed by atoms with van der Waals surface area (Å²) < 4.78 is 0. The van der Waals surface area contributed by atoms with Gasteiger partial charge in [-0.3, -0.25) is 0 Å². The molecule has 1 unspecified atom stereocenters. The molecule has 1 nitrogen and oxygen atoms in total. The van der Waals surface area contributed by atoms with E-state index in [0.29, 0.717) is 0 Å².